The van der Waals surface area contributed by atoms with E-state index in [9.17, 15) is 28.1 Å². The van der Waals surface area contributed by atoms with Crippen molar-refractivity contribution in [1.82, 2.24) is 4.90 Å². The fourth-order valence-corrected chi connectivity index (χ4v) is 3.40. The van der Waals surface area contributed by atoms with Gasteiger partial charge in [0.05, 0.1) is 22.2 Å². The molecule has 0 N–H and O–H groups in total. The molecule has 0 aliphatic carbocycles. The summed E-state index contributed by atoms with van der Waals surface area (Å²) in [5.74, 6) is -0.0841. The maximum absolute atomic E-state index is 13.1. The van der Waals surface area contributed by atoms with Crippen LogP contribution in [-0.4, -0.2) is 48.0 Å². The van der Waals surface area contributed by atoms with E-state index < -0.39 is 16.7 Å². The molecule has 1 heterocycles. The second kappa shape index (κ2) is 9.46. The molecule has 0 radical (unpaired) electrons. The highest BCUT2D eigenvalue weighted by Crippen LogP contribution is 2.31. The van der Waals surface area contributed by atoms with Crippen LogP contribution in [0.1, 0.15) is 36.2 Å². The van der Waals surface area contributed by atoms with E-state index in [0.717, 1.165) is 12.1 Å². The van der Waals surface area contributed by atoms with Crippen molar-refractivity contribution in [3.05, 3.63) is 63.7 Å². The number of alkyl halides is 3. The summed E-state index contributed by atoms with van der Waals surface area (Å²) in [7, 11) is 0. The number of amides is 1. The maximum atomic E-state index is 13.1. The zero-order valence-corrected chi connectivity index (χ0v) is 17.8. The third-order valence-corrected chi connectivity index (χ3v) is 5.43. The maximum Gasteiger partial charge on any atom is 0.416 e. The summed E-state index contributed by atoms with van der Waals surface area (Å²) in [5, 5.41) is 11.2. The zero-order chi connectivity index (χ0) is 23.5. The Morgan fingerprint density at radius 3 is 2.28 bits per heavy atom. The summed E-state index contributed by atoms with van der Waals surface area (Å²) in [5.41, 5.74) is -0.147. The molecule has 32 heavy (non-hydrogen) atoms. The van der Waals surface area contributed by atoms with Crippen molar-refractivity contribution >= 4 is 17.3 Å². The van der Waals surface area contributed by atoms with Crippen molar-refractivity contribution in [2.45, 2.75) is 32.5 Å². The summed E-state index contributed by atoms with van der Waals surface area (Å²) in [6.45, 7) is 5.27. The number of nitro benzene ring substituents is 1. The Balaban J connectivity index is 1.73. The highest BCUT2D eigenvalue weighted by molar-refractivity contribution is 5.97. The first kappa shape index (κ1) is 23.4. The van der Waals surface area contributed by atoms with E-state index in [2.05, 4.69) is 0 Å². The van der Waals surface area contributed by atoms with E-state index in [1.807, 2.05) is 18.7 Å². The van der Waals surface area contributed by atoms with Crippen LogP contribution in [0.25, 0.3) is 0 Å². The summed E-state index contributed by atoms with van der Waals surface area (Å²) in [6, 6.07) is 8.87. The lowest BCUT2D eigenvalue weighted by molar-refractivity contribution is -0.384. The van der Waals surface area contributed by atoms with Gasteiger partial charge in [-0.2, -0.15) is 13.2 Å². The van der Waals surface area contributed by atoms with Crippen molar-refractivity contribution in [3.63, 3.8) is 0 Å². The first-order valence-corrected chi connectivity index (χ1v) is 10.3. The Morgan fingerprint density at radius 2 is 1.75 bits per heavy atom. The second-order valence-electron chi connectivity index (χ2n) is 7.60. The zero-order valence-electron chi connectivity index (χ0n) is 17.8. The summed E-state index contributed by atoms with van der Waals surface area (Å²) in [6.07, 6.45) is -3.85. The van der Waals surface area contributed by atoms with Gasteiger partial charge in [-0.3, -0.25) is 14.9 Å². The predicted molar refractivity (Wildman–Crippen MR) is 113 cm³/mol. The van der Waals surface area contributed by atoms with Crippen molar-refractivity contribution in [3.8, 4) is 5.75 Å². The van der Waals surface area contributed by atoms with Gasteiger partial charge in [0.2, 0.25) is 0 Å². The minimum absolute atomic E-state index is 0.127. The predicted octanol–water partition coefficient (Wildman–Crippen LogP) is 4.75. The fraction of sp³-hybridized carbons (Fsp3) is 0.409. The second-order valence-corrected chi connectivity index (χ2v) is 7.60. The fourth-order valence-electron chi connectivity index (χ4n) is 3.40. The van der Waals surface area contributed by atoms with Crippen molar-refractivity contribution in [2.24, 2.45) is 0 Å². The molecular weight excluding hydrogens is 427 g/mol. The molecule has 1 aliphatic rings. The third-order valence-electron chi connectivity index (χ3n) is 5.43. The molecule has 1 amide bonds. The number of rotatable bonds is 6. The third kappa shape index (κ3) is 5.30. The van der Waals surface area contributed by atoms with Crippen LogP contribution in [0.4, 0.5) is 24.5 Å². The number of nitro groups is 1. The number of hydrogen-bond donors (Lipinski definition) is 0. The Morgan fingerprint density at radius 1 is 1.12 bits per heavy atom. The molecule has 0 saturated carbocycles. The molecule has 2 aromatic carbocycles. The van der Waals surface area contributed by atoms with Gasteiger partial charge in [0.15, 0.2) is 0 Å². The van der Waals surface area contributed by atoms with Gasteiger partial charge < -0.3 is 14.5 Å². The lowest BCUT2D eigenvalue weighted by Gasteiger charge is -2.36. The molecule has 1 fully saturated rings. The topological polar surface area (TPSA) is 75.9 Å². The van der Waals surface area contributed by atoms with Gasteiger partial charge in [-0.1, -0.05) is 6.92 Å². The Hall–Kier alpha value is -3.30. The van der Waals surface area contributed by atoms with Crippen molar-refractivity contribution in [1.29, 1.82) is 0 Å². The number of carbonyl (C=O) groups excluding carboxylic acids is 1. The number of piperazine rings is 1. The van der Waals surface area contributed by atoms with E-state index >= 15 is 0 Å². The highest BCUT2D eigenvalue weighted by Gasteiger charge is 2.31. The number of hydrogen-bond acceptors (Lipinski definition) is 5. The number of halogens is 3. The molecule has 10 heteroatoms. The molecule has 3 rings (SSSR count). The Kier molecular flexibility index (Phi) is 6.90. The van der Waals surface area contributed by atoms with Gasteiger partial charge in [0.25, 0.3) is 11.6 Å². The first-order chi connectivity index (χ1) is 15.1. The molecule has 1 atom stereocenters. The molecule has 7 nitrogen and oxygen atoms in total. The SMILES string of the molecule is CCC(C)Oc1ccc([N+](=O)[O-])cc1C(=O)N1CCN(c2ccc(C(F)(F)F)cc2)CC1. The number of benzene rings is 2. The molecule has 0 spiro atoms. The van der Waals surface area contributed by atoms with Gasteiger partial charge in [0, 0.05) is 44.0 Å². The quantitative estimate of drug-likeness (QED) is 0.468. The largest absolute Gasteiger partial charge is 0.490 e. The van der Waals surface area contributed by atoms with Crippen LogP contribution < -0.4 is 9.64 Å². The molecule has 0 aromatic heterocycles. The summed E-state index contributed by atoms with van der Waals surface area (Å²) < 4.78 is 44.1. The minimum Gasteiger partial charge on any atom is -0.490 e. The summed E-state index contributed by atoms with van der Waals surface area (Å²) >= 11 is 0. The van der Waals surface area contributed by atoms with Crippen LogP contribution in [0.2, 0.25) is 0 Å². The van der Waals surface area contributed by atoms with Gasteiger partial charge in [0.1, 0.15) is 5.75 Å². The number of carbonyl (C=O) groups is 1. The van der Waals surface area contributed by atoms with Crippen LogP contribution in [0.3, 0.4) is 0 Å². The molecule has 172 valence electrons. The van der Waals surface area contributed by atoms with Crippen LogP contribution in [0, 0.1) is 10.1 Å². The number of anilines is 1. The van der Waals surface area contributed by atoms with Gasteiger partial charge in [-0.25, -0.2) is 0 Å². The lowest BCUT2D eigenvalue weighted by atomic mass is 10.1. The van der Waals surface area contributed by atoms with E-state index in [1.54, 1.807) is 4.90 Å². The van der Waals surface area contributed by atoms with Crippen LogP contribution in [0.15, 0.2) is 42.5 Å². The van der Waals surface area contributed by atoms with Crippen molar-refractivity contribution in [2.75, 3.05) is 31.1 Å². The van der Waals surface area contributed by atoms with Crippen LogP contribution >= 0.6 is 0 Å². The standard InChI is InChI=1S/C22H24F3N3O4/c1-3-15(2)32-20-9-8-18(28(30)31)14-19(20)21(29)27-12-10-26(11-13-27)17-6-4-16(5-7-17)22(23,24)25/h4-9,14-15H,3,10-13H2,1-2H3. The van der Waals surface area contributed by atoms with E-state index in [4.69, 9.17) is 4.74 Å². The van der Waals surface area contributed by atoms with Gasteiger partial charge in [-0.15, -0.1) is 0 Å². The average Bonchev–Trinajstić information content (AvgIpc) is 2.78. The molecular formula is C22H24F3N3O4. The van der Waals surface area contributed by atoms with E-state index in [0.29, 0.717) is 44.0 Å². The number of nitrogens with zero attached hydrogens (tertiary/aromatic N) is 3. The van der Waals surface area contributed by atoms with Gasteiger partial charge in [-0.05, 0) is 43.7 Å². The molecule has 2 aromatic rings. The molecule has 1 saturated heterocycles. The monoisotopic (exact) mass is 451 g/mol. The highest BCUT2D eigenvalue weighted by atomic mass is 19.4. The van der Waals surface area contributed by atoms with Crippen LogP contribution in [-0.2, 0) is 6.18 Å². The first-order valence-electron chi connectivity index (χ1n) is 10.3. The Bertz CT molecular complexity index is 971. The number of ether oxygens (including phenoxy) is 1. The molecule has 0 bridgehead atoms. The van der Waals surface area contributed by atoms with Crippen LogP contribution in [0.5, 0.6) is 5.75 Å². The normalized spacial score (nSPS) is 15.4. The van der Waals surface area contributed by atoms with Crippen molar-refractivity contribution < 1.29 is 27.6 Å². The average molecular weight is 451 g/mol. The number of non-ortho nitro benzene ring substituents is 1. The van der Waals surface area contributed by atoms with Gasteiger partial charge >= 0.3 is 6.18 Å². The summed E-state index contributed by atoms with van der Waals surface area (Å²) in [4.78, 5) is 27.2. The molecule has 1 aliphatic heterocycles. The smallest absolute Gasteiger partial charge is 0.416 e. The van der Waals surface area contributed by atoms with E-state index in [-0.39, 0.29) is 23.3 Å². The lowest BCUT2D eigenvalue weighted by Crippen LogP contribution is -2.48. The minimum atomic E-state index is -4.39. The Labute approximate surface area is 183 Å². The molecule has 1 unspecified atom stereocenters. The van der Waals surface area contributed by atoms with E-state index in [1.165, 1.54) is 30.3 Å².